The van der Waals surface area contributed by atoms with Crippen molar-refractivity contribution in [2.24, 2.45) is 7.05 Å². The molecule has 5 heterocycles. The van der Waals surface area contributed by atoms with Gasteiger partial charge in [0.2, 0.25) is 0 Å². The van der Waals surface area contributed by atoms with Crippen molar-refractivity contribution in [1.82, 2.24) is 24.6 Å². The minimum Gasteiger partial charge on any atom is -0.369 e. The quantitative estimate of drug-likeness (QED) is 0.743. The molecule has 1 fully saturated rings. The normalized spacial score (nSPS) is 19.9. The van der Waals surface area contributed by atoms with Crippen molar-refractivity contribution in [2.75, 3.05) is 19.7 Å². The van der Waals surface area contributed by atoms with E-state index >= 15 is 0 Å². The molecule has 5 rings (SSSR count). The summed E-state index contributed by atoms with van der Waals surface area (Å²) in [7, 11) is 1.81. The maximum absolute atomic E-state index is 12.2. The van der Waals surface area contributed by atoms with Crippen LogP contribution in [0.2, 0.25) is 0 Å². The predicted octanol–water partition coefficient (Wildman–Crippen LogP) is 1.78. The first-order valence-corrected chi connectivity index (χ1v) is 9.87. The van der Waals surface area contributed by atoms with E-state index in [0.29, 0.717) is 23.4 Å². The van der Waals surface area contributed by atoms with Gasteiger partial charge < -0.3 is 9.72 Å². The Balaban J connectivity index is 1.34. The standard InChI is InChI=1S/C18H21N5O2S/c1-22-16-13(10-19-22)17(24)21-14(20-16)11-23-6-4-18(5-7-23)15-12(2-8-25-18)3-9-26-15/h3,9-10H,2,4-8,11H2,1H3,(H,20,21,24). The number of nitrogens with zero attached hydrogens (tertiary/aromatic N) is 4. The molecule has 3 aromatic heterocycles. The van der Waals surface area contributed by atoms with Gasteiger partial charge in [0.25, 0.3) is 5.56 Å². The molecule has 0 saturated carbocycles. The third-order valence-corrected chi connectivity index (χ3v) is 6.74. The second kappa shape index (κ2) is 6.00. The topological polar surface area (TPSA) is 76.0 Å². The van der Waals surface area contributed by atoms with Crippen LogP contribution < -0.4 is 5.56 Å². The van der Waals surface area contributed by atoms with Gasteiger partial charge in [-0.2, -0.15) is 5.10 Å². The van der Waals surface area contributed by atoms with Crippen LogP contribution in [0, 0.1) is 0 Å². The lowest BCUT2D eigenvalue weighted by Gasteiger charge is -2.43. The molecule has 0 unspecified atom stereocenters. The number of piperidine rings is 1. The van der Waals surface area contributed by atoms with E-state index in [9.17, 15) is 4.79 Å². The first-order valence-electron chi connectivity index (χ1n) is 8.99. The summed E-state index contributed by atoms with van der Waals surface area (Å²) in [6, 6.07) is 2.24. The molecule has 1 saturated heterocycles. The summed E-state index contributed by atoms with van der Waals surface area (Å²) in [6.45, 7) is 3.33. The highest BCUT2D eigenvalue weighted by molar-refractivity contribution is 7.10. The number of rotatable bonds is 2. The van der Waals surface area contributed by atoms with Gasteiger partial charge in [-0.3, -0.25) is 14.4 Å². The van der Waals surface area contributed by atoms with E-state index in [1.807, 2.05) is 18.4 Å². The number of fused-ring (bicyclic) bond motifs is 3. The molecule has 0 aromatic carbocycles. The molecule has 1 N–H and O–H groups in total. The van der Waals surface area contributed by atoms with Crippen molar-refractivity contribution in [3.05, 3.63) is 44.3 Å². The summed E-state index contributed by atoms with van der Waals surface area (Å²) in [6.07, 6.45) is 4.56. The second-order valence-electron chi connectivity index (χ2n) is 7.16. The number of aromatic nitrogens is 4. The van der Waals surface area contributed by atoms with Gasteiger partial charge in [-0.25, -0.2) is 4.98 Å². The van der Waals surface area contributed by atoms with Crippen LogP contribution in [0.15, 0.2) is 22.4 Å². The third-order valence-electron chi connectivity index (χ3n) is 5.60. The summed E-state index contributed by atoms with van der Waals surface area (Å²) in [5, 5.41) is 6.85. The molecule has 0 amide bonds. The summed E-state index contributed by atoms with van der Waals surface area (Å²) in [5.74, 6) is 0.698. The van der Waals surface area contributed by atoms with E-state index < -0.39 is 0 Å². The minimum atomic E-state index is -0.120. The summed E-state index contributed by atoms with van der Waals surface area (Å²) in [5.41, 5.74) is 1.87. The van der Waals surface area contributed by atoms with Crippen LogP contribution in [-0.2, 0) is 30.4 Å². The number of hydrogen-bond donors (Lipinski definition) is 1. The summed E-state index contributed by atoms with van der Waals surface area (Å²) in [4.78, 5) is 23.5. The lowest BCUT2D eigenvalue weighted by Crippen LogP contribution is -2.45. The molecule has 2 aliphatic heterocycles. The number of aryl methyl sites for hydroxylation is 1. The SMILES string of the molecule is Cn1ncc2c(=O)[nH]c(CN3CCC4(CC3)OCCc3ccsc34)nc21. The number of aromatic amines is 1. The highest BCUT2D eigenvalue weighted by atomic mass is 32.1. The van der Waals surface area contributed by atoms with Crippen molar-refractivity contribution in [1.29, 1.82) is 0 Å². The number of hydrogen-bond acceptors (Lipinski definition) is 6. The van der Waals surface area contributed by atoms with Crippen LogP contribution in [0.25, 0.3) is 11.0 Å². The molecular weight excluding hydrogens is 350 g/mol. The maximum atomic E-state index is 12.2. The molecule has 0 atom stereocenters. The Labute approximate surface area is 154 Å². The van der Waals surface area contributed by atoms with Gasteiger partial charge in [0, 0.05) is 25.0 Å². The second-order valence-corrected chi connectivity index (χ2v) is 8.08. The van der Waals surface area contributed by atoms with E-state index in [1.165, 1.54) is 10.4 Å². The van der Waals surface area contributed by atoms with Crippen molar-refractivity contribution in [3.8, 4) is 0 Å². The fourth-order valence-electron chi connectivity index (χ4n) is 4.16. The average Bonchev–Trinajstić information content (AvgIpc) is 3.26. The zero-order valence-electron chi connectivity index (χ0n) is 14.7. The van der Waals surface area contributed by atoms with Crippen molar-refractivity contribution >= 4 is 22.4 Å². The zero-order valence-corrected chi connectivity index (χ0v) is 15.5. The number of nitrogens with one attached hydrogen (secondary N) is 1. The van der Waals surface area contributed by atoms with E-state index in [2.05, 4.69) is 31.4 Å². The first-order chi connectivity index (χ1) is 12.6. The molecule has 0 radical (unpaired) electrons. The molecule has 0 aliphatic carbocycles. The van der Waals surface area contributed by atoms with Gasteiger partial charge in [-0.15, -0.1) is 11.3 Å². The van der Waals surface area contributed by atoms with Gasteiger partial charge >= 0.3 is 0 Å². The molecule has 0 bridgehead atoms. The Morgan fingerprint density at radius 2 is 2.23 bits per heavy atom. The number of ether oxygens (including phenoxy) is 1. The van der Waals surface area contributed by atoms with Crippen molar-refractivity contribution < 1.29 is 4.74 Å². The molecule has 26 heavy (non-hydrogen) atoms. The summed E-state index contributed by atoms with van der Waals surface area (Å²) >= 11 is 1.83. The molecule has 136 valence electrons. The predicted molar refractivity (Wildman–Crippen MR) is 99.3 cm³/mol. The van der Waals surface area contributed by atoms with Crippen LogP contribution in [-0.4, -0.2) is 44.3 Å². The zero-order chi connectivity index (χ0) is 17.7. The Hall–Kier alpha value is -2.03. The van der Waals surface area contributed by atoms with Gasteiger partial charge in [-0.05, 0) is 36.3 Å². The highest BCUT2D eigenvalue weighted by Crippen LogP contribution is 2.44. The molecule has 2 aliphatic rings. The Morgan fingerprint density at radius 1 is 1.38 bits per heavy atom. The van der Waals surface area contributed by atoms with Crippen LogP contribution in [0.1, 0.15) is 29.1 Å². The minimum absolute atomic E-state index is 0.106. The van der Waals surface area contributed by atoms with Crippen molar-refractivity contribution in [2.45, 2.75) is 31.4 Å². The third kappa shape index (κ3) is 2.52. The van der Waals surface area contributed by atoms with Gasteiger partial charge in [0.15, 0.2) is 5.65 Å². The van der Waals surface area contributed by atoms with E-state index in [-0.39, 0.29) is 11.2 Å². The van der Waals surface area contributed by atoms with Gasteiger partial charge in [-0.1, -0.05) is 0 Å². The van der Waals surface area contributed by atoms with Crippen molar-refractivity contribution in [3.63, 3.8) is 0 Å². The number of H-pyrrole nitrogens is 1. The van der Waals surface area contributed by atoms with Crippen LogP contribution in [0.3, 0.4) is 0 Å². The Bertz CT molecular complexity index is 1010. The van der Waals surface area contributed by atoms with Crippen LogP contribution in [0.5, 0.6) is 0 Å². The fraction of sp³-hybridized carbons (Fsp3) is 0.500. The van der Waals surface area contributed by atoms with E-state index in [0.717, 1.165) is 39.0 Å². The number of likely N-dealkylation sites (tertiary alicyclic amines) is 1. The van der Waals surface area contributed by atoms with E-state index in [1.54, 1.807) is 10.9 Å². The van der Waals surface area contributed by atoms with E-state index in [4.69, 9.17) is 4.74 Å². The number of thiophene rings is 1. The Kier molecular flexibility index (Phi) is 3.73. The molecule has 8 heteroatoms. The monoisotopic (exact) mass is 371 g/mol. The lowest BCUT2D eigenvalue weighted by molar-refractivity contribution is -0.0963. The maximum Gasteiger partial charge on any atom is 0.262 e. The largest absolute Gasteiger partial charge is 0.369 e. The Morgan fingerprint density at radius 3 is 3.08 bits per heavy atom. The smallest absolute Gasteiger partial charge is 0.262 e. The summed E-state index contributed by atoms with van der Waals surface area (Å²) < 4.78 is 7.92. The average molecular weight is 371 g/mol. The van der Waals surface area contributed by atoms with Gasteiger partial charge in [0.1, 0.15) is 16.8 Å². The van der Waals surface area contributed by atoms with Crippen LogP contribution >= 0.6 is 11.3 Å². The lowest BCUT2D eigenvalue weighted by atomic mass is 9.85. The van der Waals surface area contributed by atoms with Crippen LogP contribution in [0.4, 0.5) is 0 Å². The fourth-order valence-corrected chi connectivity index (χ4v) is 5.33. The highest BCUT2D eigenvalue weighted by Gasteiger charge is 2.41. The molecule has 1 spiro atoms. The molecule has 7 nitrogen and oxygen atoms in total. The molecular formula is C18H21N5O2S. The molecule has 3 aromatic rings. The van der Waals surface area contributed by atoms with Gasteiger partial charge in [0.05, 0.1) is 19.3 Å². The first kappa shape index (κ1) is 16.2.